The van der Waals surface area contributed by atoms with Gasteiger partial charge in [-0.2, -0.15) is 8.42 Å². The minimum absolute atomic E-state index is 0.0942. The van der Waals surface area contributed by atoms with E-state index in [1.165, 1.54) is 25.7 Å². The molecule has 0 radical (unpaired) electrons. The average molecular weight is 497 g/mol. The summed E-state index contributed by atoms with van der Waals surface area (Å²) in [7, 11) is -3.79. The second kappa shape index (κ2) is 9.82. The van der Waals surface area contributed by atoms with E-state index in [0.29, 0.717) is 17.6 Å². The molecule has 3 N–H and O–H groups in total. The van der Waals surface area contributed by atoms with Crippen molar-refractivity contribution in [3.8, 4) is 0 Å². The maximum Gasteiger partial charge on any atom is 0.274 e. The fourth-order valence-electron chi connectivity index (χ4n) is 6.25. The molecule has 2 heterocycles. The van der Waals surface area contributed by atoms with Crippen molar-refractivity contribution in [1.82, 2.24) is 14.5 Å². The van der Waals surface area contributed by atoms with E-state index in [-0.39, 0.29) is 19.0 Å². The number of amides is 1. The largest absolute Gasteiger partial charge is 0.336 e. The van der Waals surface area contributed by atoms with E-state index in [9.17, 15) is 13.2 Å². The molecule has 0 bridgehead atoms. The van der Waals surface area contributed by atoms with Gasteiger partial charge in [0.15, 0.2) is 0 Å². The zero-order chi connectivity index (χ0) is 23.8. The smallest absolute Gasteiger partial charge is 0.274 e. The molecule has 1 aliphatic carbocycles. The highest BCUT2D eigenvalue weighted by Crippen LogP contribution is 2.44. The number of carbonyl (C=O) groups excluding carboxylic acids is 1. The highest BCUT2D eigenvalue weighted by Gasteiger charge is 2.49. The molecule has 3 aliphatic rings. The Morgan fingerprint density at radius 2 is 1.85 bits per heavy atom. The van der Waals surface area contributed by atoms with Gasteiger partial charge in [-0.05, 0) is 86.7 Å². The summed E-state index contributed by atoms with van der Waals surface area (Å²) in [6, 6.07) is 6.48. The fourth-order valence-corrected chi connectivity index (χ4v) is 6.82. The molecule has 4 rings (SSSR count). The van der Waals surface area contributed by atoms with Crippen LogP contribution in [0.5, 0.6) is 0 Å². The van der Waals surface area contributed by atoms with Crippen LogP contribution in [0.15, 0.2) is 18.2 Å². The molecular formula is C24H37ClN4O3S. The van der Waals surface area contributed by atoms with Crippen LogP contribution in [0.3, 0.4) is 0 Å². The van der Waals surface area contributed by atoms with Crippen molar-refractivity contribution < 1.29 is 13.2 Å². The highest BCUT2D eigenvalue weighted by atomic mass is 35.5. The SMILES string of the molecule is CC(C)[C@H]1CC[C@@H](N2CCC3(CC2)C(=O)N(CCNS(N)(=O)=O)Cc2cc(Cl)ccc23)CC1. The second-order valence-electron chi connectivity index (χ2n) is 10.4. The third kappa shape index (κ3) is 5.40. The van der Waals surface area contributed by atoms with Gasteiger partial charge in [0.1, 0.15) is 0 Å². The predicted octanol–water partition coefficient (Wildman–Crippen LogP) is 3.02. The Morgan fingerprint density at radius 3 is 2.45 bits per heavy atom. The molecule has 1 amide bonds. The van der Waals surface area contributed by atoms with E-state index in [2.05, 4.69) is 23.5 Å². The molecule has 2 aliphatic heterocycles. The molecule has 1 saturated carbocycles. The molecule has 7 nitrogen and oxygen atoms in total. The van der Waals surface area contributed by atoms with Crippen molar-refractivity contribution in [3.63, 3.8) is 0 Å². The van der Waals surface area contributed by atoms with Crippen LogP contribution in [-0.4, -0.2) is 56.3 Å². The maximum atomic E-state index is 13.8. The number of nitrogens with one attached hydrogen (secondary N) is 1. The summed E-state index contributed by atoms with van der Waals surface area (Å²) in [5.74, 6) is 1.69. The number of fused-ring (bicyclic) bond motifs is 2. The number of rotatable bonds is 6. The molecule has 1 aromatic rings. The third-order valence-corrected chi connectivity index (χ3v) is 9.02. The van der Waals surface area contributed by atoms with Gasteiger partial charge in [0, 0.05) is 30.7 Å². The first-order valence-corrected chi connectivity index (χ1v) is 14.1. The number of benzene rings is 1. The third-order valence-electron chi connectivity index (χ3n) is 8.18. The summed E-state index contributed by atoms with van der Waals surface area (Å²) in [5.41, 5.74) is 1.59. The van der Waals surface area contributed by atoms with E-state index in [1.54, 1.807) is 4.90 Å². The van der Waals surface area contributed by atoms with Gasteiger partial charge in [0.25, 0.3) is 10.2 Å². The van der Waals surface area contributed by atoms with Crippen LogP contribution in [0, 0.1) is 11.8 Å². The monoisotopic (exact) mass is 496 g/mol. The minimum Gasteiger partial charge on any atom is -0.336 e. The highest BCUT2D eigenvalue weighted by molar-refractivity contribution is 7.87. The Morgan fingerprint density at radius 1 is 1.18 bits per heavy atom. The lowest BCUT2D eigenvalue weighted by atomic mass is 9.67. The summed E-state index contributed by atoms with van der Waals surface area (Å²) in [5, 5.41) is 5.72. The molecule has 33 heavy (non-hydrogen) atoms. The van der Waals surface area contributed by atoms with Gasteiger partial charge in [-0.1, -0.05) is 31.5 Å². The molecule has 184 valence electrons. The lowest BCUT2D eigenvalue weighted by Crippen LogP contribution is -2.58. The molecule has 1 aromatic carbocycles. The van der Waals surface area contributed by atoms with Gasteiger partial charge in [-0.15, -0.1) is 0 Å². The van der Waals surface area contributed by atoms with Gasteiger partial charge in [0.05, 0.1) is 5.41 Å². The number of piperidine rings is 1. The van der Waals surface area contributed by atoms with Crippen LogP contribution in [0.2, 0.25) is 5.02 Å². The van der Waals surface area contributed by atoms with Gasteiger partial charge in [-0.25, -0.2) is 9.86 Å². The van der Waals surface area contributed by atoms with Crippen molar-refractivity contribution in [3.05, 3.63) is 34.3 Å². The van der Waals surface area contributed by atoms with Gasteiger partial charge in [-0.3, -0.25) is 4.79 Å². The number of hydrogen-bond donors (Lipinski definition) is 2. The topological polar surface area (TPSA) is 95.7 Å². The number of carbonyl (C=O) groups is 1. The quantitative estimate of drug-likeness (QED) is 0.632. The number of hydrogen-bond acceptors (Lipinski definition) is 4. The first-order chi connectivity index (χ1) is 15.6. The molecule has 0 atom stereocenters. The van der Waals surface area contributed by atoms with Crippen LogP contribution in [-0.2, 0) is 27.0 Å². The zero-order valence-corrected chi connectivity index (χ0v) is 21.3. The van der Waals surface area contributed by atoms with Crippen LogP contribution in [0.1, 0.15) is 63.5 Å². The first-order valence-electron chi connectivity index (χ1n) is 12.2. The van der Waals surface area contributed by atoms with Crippen molar-refractivity contribution in [2.24, 2.45) is 17.0 Å². The number of halogens is 1. The van der Waals surface area contributed by atoms with Crippen molar-refractivity contribution in [2.45, 2.75) is 70.4 Å². The first kappa shape index (κ1) is 24.9. The second-order valence-corrected chi connectivity index (χ2v) is 12.2. The van der Waals surface area contributed by atoms with Gasteiger partial charge < -0.3 is 9.80 Å². The van der Waals surface area contributed by atoms with Crippen molar-refractivity contribution >= 4 is 27.7 Å². The molecule has 0 aromatic heterocycles. The summed E-state index contributed by atoms with van der Waals surface area (Å²) in [4.78, 5) is 18.1. The molecule has 0 unspecified atom stereocenters. The van der Waals surface area contributed by atoms with Crippen LogP contribution in [0.4, 0.5) is 0 Å². The van der Waals surface area contributed by atoms with Crippen LogP contribution >= 0.6 is 11.6 Å². The maximum absolute atomic E-state index is 13.8. The molecule has 1 spiro atoms. The molecule has 1 saturated heterocycles. The van der Waals surface area contributed by atoms with Crippen LogP contribution in [0.25, 0.3) is 0 Å². The lowest BCUT2D eigenvalue weighted by molar-refractivity contribution is -0.142. The van der Waals surface area contributed by atoms with Gasteiger partial charge in [0.2, 0.25) is 5.91 Å². The lowest BCUT2D eigenvalue weighted by Gasteiger charge is -2.49. The van der Waals surface area contributed by atoms with Crippen LogP contribution < -0.4 is 9.86 Å². The Kier molecular flexibility index (Phi) is 7.41. The molecule has 2 fully saturated rings. The molecule has 9 heteroatoms. The normalized spacial score (nSPS) is 26.1. The van der Waals surface area contributed by atoms with E-state index in [4.69, 9.17) is 16.7 Å². The summed E-state index contributed by atoms with van der Waals surface area (Å²) >= 11 is 6.29. The Labute approximate surface area is 203 Å². The van der Waals surface area contributed by atoms with Crippen molar-refractivity contribution in [1.29, 1.82) is 0 Å². The summed E-state index contributed by atoms with van der Waals surface area (Å²) in [6.45, 7) is 7.30. The summed E-state index contributed by atoms with van der Waals surface area (Å²) < 4.78 is 24.9. The van der Waals surface area contributed by atoms with E-state index >= 15 is 0 Å². The molecular weight excluding hydrogens is 460 g/mol. The average Bonchev–Trinajstić information content (AvgIpc) is 2.77. The number of nitrogens with two attached hydrogens (primary N) is 1. The zero-order valence-electron chi connectivity index (χ0n) is 19.7. The number of likely N-dealkylation sites (tertiary alicyclic amines) is 1. The Bertz CT molecular complexity index is 968. The van der Waals surface area contributed by atoms with Gasteiger partial charge >= 0.3 is 0 Å². The van der Waals surface area contributed by atoms with Crippen molar-refractivity contribution in [2.75, 3.05) is 26.2 Å². The van der Waals surface area contributed by atoms with E-state index in [0.717, 1.165) is 48.9 Å². The Balaban J connectivity index is 1.49. The fraction of sp³-hybridized carbons (Fsp3) is 0.708. The number of nitrogens with zero attached hydrogens (tertiary/aromatic N) is 2. The predicted molar refractivity (Wildman–Crippen MR) is 131 cm³/mol. The Hall–Kier alpha value is -1.19. The standard InChI is InChI=1S/C24H37ClN4O3S/c1-17(2)18-3-6-21(7-4-18)28-12-9-24(10-13-28)22-8-5-20(25)15-19(22)16-29(23(24)30)14-11-27-33(26,31)32/h5,8,15,17-18,21,27H,3-4,6-7,9-14,16H2,1-2H3,(H2,26,31,32)/t18-,21+. The van der Waals surface area contributed by atoms with E-state index < -0.39 is 15.6 Å². The minimum atomic E-state index is -3.79. The summed E-state index contributed by atoms with van der Waals surface area (Å²) in [6.07, 6.45) is 6.67. The van der Waals surface area contributed by atoms with E-state index in [1.807, 2.05) is 18.2 Å².